The highest BCUT2D eigenvalue weighted by Gasteiger charge is 2.25. The summed E-state index contributed by atoms with van der Waals surface area (Å²) in [6, 6.07) is 2.04. The molecule has 0 aromatic carbocycles. The van der Waals surface area contributed by atoms with Crippen molar-refractivity contribution in [2.75, 3.05) is 13.6 Å². The third kappa shape index (κ3) is 1.64. The van der Waals surface area contributed by atoms with Crippen LogP contribution in [-0.4, -0.2) is 34.2 Å². The minimum Gasteiger partial charge on any atom is -0.345 e. The number of amides is 1. The first-order valence-corrected chi connectivity index (χ1v) is 4.90. The fourth-order valence-corrected chi connectivity index (χ4v) is 1.90. The summed E-state index contributed by atoms with van der Waals surface area (Å²) in [4.78, 5) is 13.1. The number of likely N-dealkylation sites (N-methyl/N-ethyl adjacent to an activating group) is 1. The lowest BCUT2D eigenvalue weighted by Gasteiger charge is -2.28. The maximum absolute atomic E-state index is 11.3. The first kappa shape index (κ1) is 9.24. The van der Waals surface area contributed by atoms with Crippen LogP contribution >= 0.6 is 0 Å². The van der Waals surface area contributed by atoms with Crippen LogP contribution < -0.4 is 0 Å². The Bertz CT molecular complexity index is 345. The molecule has 1 saturated heterocycles. The second-order valence-electron chi connectivity index (χ2n) is 3.92. The van der Waals surface area contributed by atoms with E-state index >= 15 is 0 Å². The lowest BCUT2D eigenvalue weighted by Crippen LogP contribution is -2.35. The van der Waals surface area contributed by atoms with Gasteiger partial charge in [0.25, 0.3) is 0 Å². The molecule has 4 heteroatoms. The molecule has 4 nitrogen and oxygen atoms in total. The van der Waals surface area contributed by atoms with E-state index in [1.807, 2.05) is 31.0 Å². The van der Waals surface area contributed by atoms with Gasteiger partial charge in [0.2, 0.25) is 5.91 Å². The van der Waals surface area contributed by atoms with E-state index in [-0.39, 0.29) is 5.91 Å². The maximum Gasteiger partial charge on any atom is 0.222 e. The monoisotopic (exact) mass is 193 g/mol. The predicted molar refractivity (Wildman–Crippen MR) is 52.8 cm³/mol. The van der Waals surface area contributed by atoms with Gasteiger partial charge in [-0.3, -0.25) is 9.48 Å². The van der Waals surface area contributed by atoms with Crippen molar-refractivity contribution in [2.45, 2.75) is 18.8 Å². The summed E-state index contributed by atoms with van der Waals surface area (Å²) in [7, 11) is 3.78. The van der Waals surface area contributed by atoms with Gasteiger partial charge in [-0.1, -0.05) is 0 Å². The van der Waals surface area contributed by atoms with Gasteiger partial charge in [0.05, 0.1) is 5.69 Å². The van der Waals surface area contributed by atoms with E-state index in [1.165, 1.54) is 0 Å². The van der Waals surface area contributed by atoms with Crippen molar-refractivity contribution < 1.29 is 4.79 Å². The van der Waals surface area contributed by atoms with E-state index in [1.54, 1.807) is 4.90 Å². The second kappa shape index (κ2) is 3.44. The zero-order valence-electron chi connectivity index (χ0n) is 8.60. The number of carbonyl (C=O) groups excluding carboxylic acids is 1. The Labute approximate surface area is 83.5 Å². The van der Waals surface area contributed by atoms with Gasteiger partial charge in [-0.15, -0.1) is 0 Å². The largest absolute Gasteiger partial charge is 0.345 e. The van der Waals surface area contributed by atoms with Crippen molar-refractivity contribution in [1.29, 1.82) is 0 Å². The molecule has 0 bridgehead atoms. The van der Waals surface area contributed by atoms with Crippen LogP contribution in [0.5, 0.6) is 0 Å². The van der Waals surface area contributed by atoms with Crippen molar-refractivity contribution in [3.05, 3.63) is 18.0 Å². The fourth-order valence-electron chi connectivity index (χ4n) is 1.90. The molecule has 0 aliphatic carbocycles. The molecule has 0 radical (unpaired) electrons. The summed E-state index contributed by atoms with van der Waals surface area (Å²) >= 11 is 0. The molecule has 1 atom stereocenters. The van der Waals surface area contributed by atoms with E-state index < -0.39 is 0 Å². The first-order chi connectivity index (χ1) is 6.66. The highest BCUT2D eigenvalue weighted by atomic mass is 16.2. The summed E-state index contributed by atoms with van der Waals surface area (Å²) < 4.78 is 1.81. The van der Waals surface area contributed by atoms with Gasteiger partial charge in [-0.2, -0.15) is 5.10 Å². The van der Waals surface area contributed by atoms with Crippen LogP contribution in [0.25, 0.3) is 0 Å². The molecule has 1 aromatic heterocycles. The molecule has 1 fully saturated rings. The number of hydrogen-bond donors (Lipinski definition) is 0. The van der Waals surface area contributed by atoms with Crippen molar-refractivity contribution in [3.63, 3.8) is 0 Å². The van der Waals surface area contributed by atoms with Gasteiger partial charge in [0.1, 0.15) is 0 Å². The summed E-state index contributed by atoms with van der Waals surface area (Å²) in [5.41, 5.74) is 1.10. The van der Waals surface area contributed by atoms with Crippen molar-refractivity contribution in [2.24, 2.45) is 7.05 Å². The number of nitrogens with zero attached hydrogens (tertiary/aromatic N) is 3. The Hall–Kier alpha value is -1.32. The number of piperidine rings is 1. The van der Waals surface area contributed by atoms with Crippen LogP contribution in [-0.2, 0) is 11.8 Å². The van der Waals surface area contributed by atoms with Gasteiger partial charge >= 0.3 is 0 Å². The molecule has 1 amide bonds. The van der Waals surface area contributed by atoms with Gasteiger partial charge in [-0.25, -0.2) is 0 Å². The number of likely N-dealkylation sites (tertiary alicyclic amines) is 1. The third-order valence-corrected chi connectivity index (χ3v) is 2.78. The average molecular weight is 193 g/mol. The van der Waals surface area contributed by atoms with E-state index in [9.17, 15) is 4.79 Å². The van der Waals surface area contributed by atoms with Gasteiger partial charge in [-0.05, 0) is 12.5 Å². The number of aryl methyl sites for hydroxylation is 1. The molecule has 2 rings (SSSR count). The van der Waals surface area contributed by atoms with Crippen molar-refractivity contribution >= 4 is 5.91 Å². The number of aromatic nitrogens is 2. The molecule has 14 heavy (non-hydrogen) atoms. The van der Waals surface area contributed by atoms with Gasteiger partial charge in [0, 0.05) is 39.2 Å². The minimum absolute atomic E-state index is 0.247. The van der Waals surface area contributed by atoms with Crippen molar-refractivity contribution in [1.82, 2.24) is 14.7 Å². The Kier molecular flexibility index (Phi) is 2.27. The smallest absolute Gasteiger partial charge is 0.222 e. The van der Waals surface area contributed by atoms with Crippen LogP contribution in [0.15, 0.2) is 12.3 Å². The SMILES string of the molecule is CN1CC(c2ccn(C)n2)CCC1=O. The number of hydrogen-bond acceptors (Lipinski definition) is 2. The summed E-state index contributed by atoms with van der Waals surface area (Å²) in [6.45, 7) is 0.801. The van der Waals surface area contributed by atoms with Crippen LogP contribution in [0, 0.1) is 0 Å². The first-order valence-electron chi connectivity index (χ1n) is 4.90. The average Bonchev–Trinajstić information content (AvgIpc) is 2.57. The normalized spacial score (nSPS) is 22.9. The molecule has 0 N–H and O–H groups in total. The van der Waals surface area contributed by atoms with Gasteiger partial charge in [0.15, 0.2) is 0 Å². The molecular weight excluding hydrogens is 178 g/mol. The van der Waals surface area contributed by atoms with E-state index in [2.05, 4.69) is 5.10 Å². The lowest BCUT2D eigenvalue weighted by atomic mass is 9.95. The number of rotatable bonds is 1. The molecule has 1 aliphatic heterocycles. The zero-order chi connectivity index (χ0) is 10.1. The fraction of sp³-hybridized carbons (Fsp3) is 0.600. The quantitative estimate of drug-likeness (QED) is 0.660. The van der Waals surface area contributed by atoms with Crippen molar-refractivity contribution in [3.8, 4) is 0 Å². The van der Waals surface area contributed by atoms with Gasteiger partial charge < -0.3 is 4.90 Å². The lowest BCUT2D eigenvalue weighted by molar-refractivity contribution is -0.132. The van der Waals surface area contributed by atoms with Crippen LogP contribution in [0.2, 0.25) is 0 Å². The Balaban J connectivity index is 2.10. The van der Waals surface area contributed by atoms with E-state index in [4.69, 9.17) is 0 Å². The standard InChI is InChI=1S/C10H15N3O/c1-12-7-8(3-4-10(12)14)9-5-6-13(2)11-9/h5-6,8H,3-4,7H2,1-2H3. The highest BCUT2D eigenvalue weighted by Crippen LogP contribution is 2.25. The van der Waals surface area contributed by atoms with E-state index in [0.29, 0.717) is 12.3 Å². The molecule has 1 unspecified atom stereocenters. The Morgan fingerprint density at radius 1 is 1.50 bits per heavy atom. The Morgan fingerprint density at radius 3 is 2.86 bits per heavy atom. The molecule has 0 spiro atoms. The number of carbonyl (C=O) groups is 1. The molecule has 0 saturated carbocycles. The highest BCUT2D eigenvalue weighted by molar-refractivity contribution is 5.76. The molecule has 1 aromatic rings. The second-order valence-corrected chi connectivity index (χ2v) is 3.92. The summed E-state index contributed by atoms with van der Waals surface area (Å²) in [5, 5.41) is 4.37. The minimum atomic E-state index is 0.247. The summed E-state index contributed by atoms with van der Waals surface area (Å²) in [5.74, 6) is 0.663. The zero-order valence-corrected chi connectivity index (χ0v) is 8.60. The third-order valence-electron chi connectivity index (χ3n) is 2.78. The molecule has 1 aliphatic rings. The molecule has 76 valence electrons. The summed E-state index contributed by atoms with van der Waals surface area (Å²) in [6.07, 6.45) is 3.53. The van der Waals surface area contributed by atoms with Crippen LogP contribution in [0.3, 0.4) is 0 Å². The molecular formula is C10H15N3O. The Morgan fingerprint density at radius 2 is 2.29 bits per heavy atom. The topological polar surface area (TPSA) is 38.1 Å². The van der Waals surface area contributed by atoms with E-state index in [0.717, 1.165) is 18.7 Å². The van der Waals surface area contributed by atoms with Crippen LogP contribution in [0.4, 0.5) is 0 Å². The van der Waals surface area contributed by atoms with Crippen LogP contribution in [0.1, 0.15) is 24.5 Å². The predicted octanol–water partition coefficient (Wildman–Crippen LogP) is 0.756. The molecule has 2 heterocycles. The maximum atomic E-state index is 11.3.